The number of anilines is 1. The number of allylic oxidation sites excluding steroid dienone is 2. The largest absolute Gasteiger partial charge is 0.330 e. The zero-order valence-corrected chi connectivity index (χ0v) is 8.59. The fourth-order valence-electron chi connectivity index (χ4n) is 2.39. The Morgan fingerprint density at radius 3 is 2.31 bits per heavy atom. The molecule has 0 spiro atoms. The van der Waals surface area contributed by atoms with E-state index in [-0.39, 0.29) is 23.7 Å². The van der Waals surface area contributed by atoms with Crippen LogP contribution in [-0.2, 0) is 9.59 Å². The van der Waals surface area contributed by atoms with Gasteiger partial charge < -0.3 is 4.98 Å². The number of nitrogens with zero attached hydrogens (tertiary/aromatic N) is 2. The zero-order chi connectivity index (χ0) is 11.1. The van der Waals surface area contributed by atoms with Gasteiger partial charge in [-0.2, -0.15) is 0 Å². The molecule has 0 bridgehead atoms. The predicted molar refractivity (Wildman–Crippen MR) is 56.4 cm³/mol. The molecule has 5 nitrogen and oxygen atoms in total. The van der Waals surface area contributed by atoms with Crippen LogP contribution >= 0.6 is 0 Å². The molecule has 1 aromatic rings. The average molecular weight is 217 g/mol. The molecule has 0 aromatic carbocycles. The first-order valence-electron chi connectivity index (χ1n) is 5.31. The molecule has 0 saturated carbocycles. The van der Waals surface area contributed by atoms with Crippen LogP contribution in [0.25, 0.3) is 0 Å². The number of H-pyrrole nitrogens is 1. The fraction of sp³-hybridized carbons (Fsp3) is 0.364. The molecular formula is C11H11N3O2. The van der Waals surface area contributed by atoms with Gasteiger partial charge in [-0.15, -0.1) is 0 Å². The molecule has 2 heterocycles. The third-order valence-corrected chi connectivity index (χ3v) is 3.20. The number of nitrogens with one attached hydrogen (secondary N) is 1. The molecule has 1 aliphatic heterocycles. The summed E-state index contributed by atoms with van der Waals surface area (Å²) in [6.07, 6.45) is 8.40. The van der Waals surface area contributed by atoms with E-state index in [0.717, 1.165) is 0 Å². The fourth-order valence-corrected chi connectivity index (χ4v) is 2.39. The van der Waals surface area contributed by atoms with Crippen molar-refractivity contribution in [3.05, 3.63) is 24.5 Å². The maximum atomic E-state index is 12.1. The molecule has 1 saturated heterocycles. The monoisotopic (exact) mass is 217 g/mol. The third kappa shape index (κ3) is 1.14. The SMILES string of the molecule is O=C1[C@H]2CC=CC[C@H]2C(=O)N1c1ncc[nH]1. The van der Waals surface area contributed by atoms with Crippen LogP contribution < -0.4 is 4.90 Å². The highest BCUT2D eigenvalue weighted by Crippen LogP contribution is 2.36. The molecule has 0 radical (unpaired) electrons. The van der Waals surface area contributed by atoms with Crippen LogP contribution in [0.2, 0.25) is 0 Å². The minimum absolute atomic E-state index is 0.130. The van der Waals surface area contributed by atoms with E-state index < -0.39 is 0 Å². The summed E-state index contributed by atoms with van der Waals surface area (Å²) < 4.78 is 0. The predicted octanol–water partition coefficient (Wildman–Crippen LogP) is 0.865. The molecule has 1 aromatic heterocycles. The lowest BCUT2D eigenvalue weighted by Gasteiger charge is -2.14. The quantitative estimate of drug-likeness (QED) is 0.560. The molecule has 1 fully saturated rings. The van der Waals surface area contributed by atoms with Crippen LogP contribution in [0, 0.1) is 11.8 Å². The Hall–Kier alpha value is -1.91. The number of carbonyl (C=O) groups excluding carboxylic acids is 2. The summed E-state index contributed by atoms with van der Waals surface area (Å²) in [4.78, 5) is 32.1. The van der Waals surface area contributed by atoms with Crippen LogP contribution in [0.5, 0.6) is 0 Å². The topological polar surface area (TPSA) is 66.1 Å². The molecule has 3 rings (SSSR count). The molecule has 2 atom stereocenters. The summed E-state index contributed by atoms with van der Waals surface area (Å²) in [7, 11) is 0. The van der Waals surface area contributed by atoms with Crippen molar-refractivity contribution in [3.63, 3.8) is 0 Å². The summed E-state index contributed by atoms with van der Waals surface area (Å²) in [5, 5.41) is 0. The van der Waals surface area contributed by atoms with Crippen molar-refractivity contribution < 1.29 is 9.59 Å². The van der Waals surface area contributed by atoms with E-state index in [9.17, 15) is 9.59 Å². The van der Waals surface area contributed by atoms with Crippen LogP contribution in [0.1, 0.15) is 12.8 Å². The number of aromatic amines is 1. The van der Waals surface area contributed by atoms with Gasteiger partial charge in [-0.3, -0.25) is 9.59 Å². The Balaban J connectivity index is 1.98. The van der Waals surface area contributed by atoms with Gasteiger partial charge in [0.1, 0.15) is 0 Å². The van der Waals surface area contributed by atoms with E-state index >= 15 is 0 Å². The van der Waals surface area contributed by atoms with Crippen molar-refractivity contribution in [1.82, 2.24) is 9.97 Å². The van der Waals surface area contributed by atoms with Crippen LogP contribution in [0.15, 0.2) is 24.5 Å². The minimum Gasteiger partial charge on any atom is -0.330 e. The summed E-state index contributed by atoms with van der Waals surface area (Å²) in [6.45, 7) is 0. The number of amides is 2. The van der Waals surface area contributed by atoms with Gasteiger partial charge in [-0.05, 0) is 12.8 Å². The molecule has 5 heteroatoms. The van der Waals surface area contributed by atoms with Crippen molar-refractivity contribution >= 4 is 17.8 Å². The second-order valence-corrected chi connectivity index (χ2v) is 4.08. The van der Waals surface area contributed by atoms with E-state index in [1.165, 1.54) is 11.1 Å². The lowest BCUT2D eigenvalue weighted by Crippen LogP contribution is -2.31. The Morgan fingerprint density at radius 2 is 1.81 bits per heavy atom. The van der Waals surface area contributed by atoms with Crippen LogP contribution in [0.3, 0.4) is 0 Å². The molecule has 82 valence electrons. The van der Waals surface area contributed by atoms with Gasteiger partial charge in [-0.1, -0.05) is 12.2 Å². The van der Waals surface area contributed by atoms with Gasteiger partial charge in [0.25, 0.3) is 0 Å². The second kappa shape index (κ2) is 3.30. The van der Waals surface area contributed by atoms with Crippen molar-refractivity contribution in [2.24, 2.45) is 11.8 Å². The second-order valence-electron chi connectivity index (χ2n) is 4.08. The molecule has 2 amide bonds. The minimum atomic E-state index is -0.192. The van der Waals surface area contributed by atoms with E-state index in [4.69, 9.17) is 0 Å². The van der Waals surface area contributed by atoms with E-state index in [0.29, 0.717) is 18.8 Å². The summed E-state index contributed by atoms with van der Waals surface area (Å²) >= 11 is 0. The molecule has 1 N–H and O–H groups in total. The molecule has 2 aliphatic rings. The molecule has 1 aliphatic carbocycles. The number of rotatable bonds is 1. The lowest BCUT2D eigenvalue weighted by molar-refractivity contribution is -0.122. The summed E-state index contributed by atoms with van der Waals surface area (Å²) in [6, 6.07) is 0. The van der Waals surface area contributed by atoms with E-state index in [1.807, 2.05) is 12.2 Å². The third-order valence-electron chi connectivity index (χ3n) is 3.20. The van der Waals surface area contributed by atoms with E-state index in [2.05, 4.69) is 9.97 Å². The first-order valence-corrected chi connectivity index (χ1v) is 5.31. The molecule has 16 heavy (non-hydrogen) atoms. The van der Waals surface area contributed by atoms with Gasteiger partial charge in [0.2, 0.25) is 17.8 Å². The maximum Gasteiger partial charge on any atom is 0.240 e. The summed E-state index contributed by atoms with van der Waals surface area (Å²) in [5.74, 6) is -0.307. The van der Waals surface area contributed by atoms with Crippen LogP contribution in [0.4, 0.5) is 5.95 Å². The van der Waals surface area contributed by atoms with Crippen LogP contribution in [-0.4, -0.2) is 21.8 Å². The summed E-state index contributed by atoms with van der Waals surface area (Å²) in [5.41, 5.74) is 0. The average Bonchev–Trinajstić information content (AvgIpc) is 2.89. The number of aromatic nitrogens is 2. The van der Waals surface area contributed by atoms with Crippen molar-refractivity contribution in [1.29, 1.82) is 0 Å². The smallest absolute Gasteiger partial charge is 0.240 e. The highest BCUT2D eigenvalue weighted by molar-refractivity contribution is 6.21. The van der Waals surface area contributed by atoms with Gasteiger partial charge in [0.05, 0.1) is 11.8 Å². The van der Waals surface area contributed by atoms with Gasteiger partial charge in [-0.25, -0.2) is 9.88 Å². The van der Waals surface area contributed by atoms with Gasteiger partial charge in [0, 0.05) is 12.4 Å². The number of hydrogen-bond donors (Lipinski definition) is 1. The molecule has 0 unspecified atom stereocenters. The number of imidazole rings is 1. The highest BCUT2D eigenvalue weighted by Gasteiger charge is 2.48. The highest BCUT2D eigenvalue weighted by atomic mass is 16.2. The van der Waals surface area contributed by atoms with E-state index in [1.54, 1.807) is 6.20 Å². The molecular weight excluding hydrogens is 206 g/mol. The standard InChI is InChI=1S/C11H11N3O2/c15-9-7-3-1-2-4-8(7)10(16)14(9)11-12-5-6-13-11/h1-2,5-8H,3-4H2,(H,12,13)/t7-,8+. The van der Waals surface area contributed by atoms with Crippen molar-refractivity contribution in [2.45, 2.75) is 12.8 Å². The number of fused-ring (bicyclic) bond motifs is 1. The number of hydrogen-bond acceptors (Lipinski definition) is 3. The number of imide groups is 1. The first kappa shape index (κ1) is 9.33. The van der Waals surface area contributed by atoms with Crippen molar-refractivity contribution in [3.8, 4) is 0 Å². The Bertz CT molecular complexity index is 438. The van der Waals surface area contributed by atoms with Crippen molar-refractivity contribution in [2.75, 3.05) is 4.90 Å². The maximum absolute atomic E-state index is 12.1. The first-order chi connectivity index (χ1) is 7.79. The normalized spacial score (nSPS) is 28.6. The zero-order valence-electron chi connectivity index (χ0n) is 8.59. The Kier molecular flexibility index (Phi) is 1.92. The lowest BCUT2D eigenvalue weighted by atomic mass is 9.85. The van der Waals surface area contributed by atoms with Gasteiger partial charge in [0.15, 0.2) is 0 Å². The Morgan fingerprint density at radius 1 is 1.19 bits per heavy atom. The van der Waals surface area contributed by atoms with Gasteiger partial charge >= 0.3 is 0 Å². The Labute approximate surface area is 92.2 Å². The number of carbonyl (C=O) groups is 2.